The molecule has 4 rings (SSSR count). The molecule has 0 bridgehead atoms. The Balaban J connectivity index is 1.86. The molecule has 5 nitrogen and oxygen atoms in total. The van der Waals surface area contributed by atoms with Gasteiger partial charge >= 0.3 is 0 Å². The first kappa shape index (κ1) is 18.9. The number of carbonyl (C=O) groups is 2. The average Bonchev–Trinajstić information content (AvgIpc) is 3.08. The van der Waals surface area contributed by atoms with Crippen LogP contribution in [0.25, 0.3) is 16.5 Å². The molecule has 1 aromatic heterocycles. The Hall–Kier alpha value is -2.40. The smallest absolute Gasteiger partial charge is 0.230 e. The Kier molecular flexibility index (Phi) is 4.88. The van der Waals surface area contributed by atoms with Crippen LogP contribution in [0.5, 0.6) is 0 Å². The molecule has 148 valence electrons. The van der Waals surface area contributed by atoms with E-state index in [0.29, 0.717) is 0 Å². The van der Waals surface area contributed by atoms with Crippen LogP contribution in [0.2, 0.25) is 0 Å². The van der Waals surface area contributed by atoms with Gasteiger partial charge in [0.2, 0.25) is 11.8 Å². The number of aromatic nitrogens is 1. The van der Waals surface area contributed by atoms with Crippen molar-refractivity contribution in [2.45, 2.75) is 40.2 Å². The first-order valence-corrected chi connectivity index (χ1v) is 10.4. The summed E-state index contributed by atoms with van der Waals surface area (Å²) in [7, 11) is 0. The molecule has 0 radical (unpaired) electrons. The standard InChI is InChI=1S/C23H29N3O2/c1-5-24(6-2)23(28)17-11-19-18-9-8-10-20-22(18)16(14-26(20)15(4)27)12-21(19)25(7-3)13-17/h8-11,14,17,21H,5-7,12-13H2,1-4H3/t17-,21-/m1/s1. The number of fused-ring (bicyclic) bond motifs is 2. The minimum Gasteiger partial charge on any atom is -0.343 e. The molecule has 0 unspecified atom stereocenters. The number of amides is 1. The van der Waals surface area contributed by atoms with Crippen LogP contribution in [-0.4, -0.2) is 58.4 Å². The molecule has 2 atom stereocenters. The van der Waals surface area contributed by atoms with Crippen LogP contribution in [0.3, 0.4) is 0 Å². The van der Waals surface area contributed by atoms with E-state index >= 15 is 0 Å². The minimum absolute atomic E-state index is 0.0363. The fraction of sp³-hybridized carbons (Fsp3) is 0.478. The van der Waals surface area contributed by atoms with Crippen LogP contribution >= 0.6 is 0 Å². The highest BCUT2D eigenvalue weighted by molar-refractivity contribution is 6.03. The summed E-state index contributed by atoms with van der Waals surface area (Å²) in [5.41, 5.74) is 4.63. The number of rotatable bonds is 4. The molecule has 2 aromatic rings. The van der Waals surface area contributed by atoms with Crippen molar-refractivity contribution in [3.05, 3.63) is 41.6 Å². The highest BCUT2D eigenvalue weighted by Gasteiger charge is 2.37. The molecule has 1 aliphatic heterocycles. The molecule has 1 aromatic carbocycles. The van der Waals surface area contributed by atoms with E-state index in [1.807, 2.05) is 37.1 Å². The molecular weight excluding hydrogens is 350 g/mol. The third-order valence-electron chi connectivity index (χ3n) is 6.38. The normalized spacial score (nSPS) is 21.4. The van der Waals surface area contributed by atoms with Gasteiger partial charge in [-0.15, -0.1) is 0 Å². The van der Waals surface area contributed by atoms with Gasteiger partial charge in [0.25, 0.3) is 0 Å². The Bertz CT molecular complexity index is 968. The van der Waals surface area contributed by atoms with E-state index in [-0.39, 0.29) is 23.8 Å². The Labute approximate surface area is 166 Å². The molecule has 5 heteroatoms. The third kappa shape index (κ3) is 2.80. The van der Waals surface area contributed by atoms with E-state index in [9.17, 15) is 9.59 Å². The van der Waals surface area contributed by atoms with Crippen LogP contribution in [0.15, 0.2) is 30.5 Å². The summed E-state index contributed by atoms with van der Waals surface area (Å²) in [6.45, 7) is 11.0. The van der Waals surface area contributed by atoms with E-state index in [1.54, 1.807) is 11.5 Å². The molecule has 2 aliphatic rings. The van der Waals surface area contributed by atoms with Gasteiger partial charge in [0.15, 0.2) is 0 Å². The zero-order valence-corrected chi connectivity index (χ0v) is 17.2. The highest BCUT2D eigenvalue weighted by atomic mass is 16.2. The Morgan fingerprint density at radius 1 is 1.18 bits per heavy atom. The van der Waals surface area contributed by atoms with Crippen molar-refractivity contribution in [3.63, 3.8) is 0 Å². The molecule has 0 spiro atoms. The second-order valence-electron chi connectivity index (χ2n) is 7.79. The van der Waals surface area contributed by atoms with Crippen LogP contribution in [0, 0.1) is 5.92 Å². The topological polar surface area (TPSA) is 45.6 Å². The molecule has 28 heavy (non-hydrogen) atoms. The van der Waals surface area contributed by atoms with Gasteiger partial charge in [-0.2, -0.15) is 0 Å². The summed E-state index contributed by atoms with van der Waals surface area (Å²) >= 11 is 0. The molecule has 1 aliphatic carbocycles. The monoisotopic (exact) mass is 379 g/mol. The fourth-order valence-electron chi connectivity index (χ4n) is 4.97. The summed E-state index contributed by atoms with van der Waals surface area (Å²) in [5, 5.41) is 1.17. The molecule has 2 heterocycles. The zero-order chi connectivity index (χ0) is 20.0. The first-order valence-electron chi connectivity index (χ1n) is 10.4. The van der Waals surface area contributed by atoms with Crippen LogP contribution in [0.4, 0.5) is 0 Å². The summed E-state index contributed by atoms with van der Waals surface area (Å²) < 4.78 is 1.76. The predicted octanol–water partition coefficient (Wildman–Crippen LogP) is 3.43. The largest absolute Gasteiger partial charge is 0.343 e. The van der Waals surface area contributed by atoms with Gasteiger partial charge in [-0.05, 0) is 49.6 Å². The highest BCUT2D eigenvalue weighted by Crippen LogP contribution is 2.42. The van der Waals surface area contributed by atoms with E-state index < -0.39 is 0 Å². The summed E-state index contributed by atoms with van der Waals surface area (Å²) in [6.07, 6.45) is 5.11. The molecule has 1 amide bonds. The summed E-state index contributed by atoms with van der Waals surface area (Å²) in [4.78, 5) is 29.6. The van der Waals surface area contributed by atoms with E-state index in [4.69, 9.17) is 0 Å². The van der Waals surface area contributed by atoms with Crippen molar-refractivity contribution in [3.8, 4) is 0 Å². The minimum atomic E-state index is -0.113. The number of nitrogens with zero attached hydrogens (tertiary/aromatic N) is 3. The lowest BCUT2D eigenvalue weighted by molar-refractivity contribution is -0.134. The third-order valence-corrected chi connectivity index (χ3v) is 6.38. The van der Waals surface area contributed by atoms with E-state index in [1.165, 1.54) is 22.1 Å². The SMILES string of the molecule is CCN(CC)C(=O)[C@@H]1C=C2c3cccc4c3c(cn4C(C)=O)C[C@H]2N(CC)C1. The molecule has 0 saturated carbocycles. The molecular formula is C23H29N3O2. The zero-order valence-electron chi connectivity index (χ0n) is 17.2. The van der Waals surface area contributed by atoms with Crippen molar-refractivity contribution in [1.29, 1.82) is 0 Å². The number of carbonyl (C=O) groups excluding carboxylic acids is 2. The van der Waals surface area contributed by atoms with Gasteiger partial charge in [0.1, 0.15) is 0 Å². The lowest BCUT2D eigenvalue weighted by atomic mass is 9.79. The number of hydrogen-bond acceptors (Lipinski definition) is 3. The maximum atomic E-state index is 13.1. The Morgan fingerprint density at radius 3 is 2.57 bits per heavy atom. The maximum Gasteiger partial charge on any atom is 0.230 e. The summed E-state index contributed by atoms with van der Waals surface area (Å²) in [5.74, 6) is 0.140. The second kappa shape index (κ2) is 7.21. The van der Waals surface area contributed by atoms with Crippen LogP contribution in [-0.2, 0) is 11.2 Å². The number of hydrogen-bond donors (Lipinski definition) is 0. The maximum absolute atomic E-state index is 13.1. The van der Waals surface area contributed by atoms with Gasteiger partial charge in [0.05, 0.1) is 11.4 Å². The van der Waals surface area contributed by atoms with E-state index in [2.05, 4.69) is 24.0 Å². The van der Waals surface area contributed by atoms with Crippen LogP contribution < -0.4 is 0 Å². The lowest BCUT2D eigenvalue weighted by Gasteiger charge is -2.42. The van der Waals surface area contributed by atoms with Gasteiger partial charge < -0.3 is 4.90 Å². The van der Waals surface area contributed by atoms with Crippen molar-refractivity contribution in [1.82, 2.24) is 14.4 Å². The quantitative estimate of drug-likeness (QED) is 0.818. The van der Waals surface area contributed by atoms with Gasteiger partial charge in [0, 0.05) is 44.2 Å². The molecule has 0 fully saturated rings. The van der Waals surface area contributed by atoms with Crippen LogP contribution in [0.1, 0.15) is 43.6 Å². The number of likely N-dealkylation sites (N-methyl/N-ethyl adjacent to an activating group) is 1. The molecule has 0 saturated heterocycles. The van der Waals surface area contributed by atoms with Gasteiger partial charge in [-0.25, -0.2) is 0 Å². The fourth-order valence-corrected chi connectivity index (χ4v) is 4.97. The van der Waals surface area contributed by atoms with Crippen molar-refractivity contribution in [2.75, 3.05) is 26.2 Å². The van der Waals surface area contributed by atoms with Crippen molar-refractivity contribution >= 4 is 28.3 Å². The van der Waals surface area contributed by atoms with Crippen molar-refractivity contribution < 1.29 is 9.59 Å². The molecule has 0 N–H and O–H groups in total. The van der Waals surface area contributed by atoms with Gasteiger partial charge in [-0.1, -0.05) is 25.1 Å². The summed E-state index contributed by atoms with van der Waals surface area (Å²) in [6, 6.07) is 6.46. The first-order chi connectivity index (χ1) is 13.5. The van der Waals surface area contributed by atoms with Crippen molar-refractivity contribution in [2.24, 2.45) is 5.92 Å². The lowest BCUT2D eigenvalue weighted by Crippen LogP contribution is -2.49. The number of benzene rings is 1. The van der Waals surface area contributed by atoms with Gasteiger partial charge in [-0.3, -0.25) is 19.1 Å². The average molecular weight is 380 g/mol. The second-order valence-corrected chi connectivity index (χ2v) is 7.79. The predicted molar refractivity (Wildman–Crippen MR) is 112 cm³/mol. The van der Waals surface area contributed by atoms with E-state index in [0.717, 1.165) is 38.1 Å². The Morgan fingerprint density at radius 2 is 1.93 bits per heavy atom.